The summed E-state index contributed by atoms with van der Waals surface area (Å²) >= 11 is 1.37. The van der Waals surface area contributed by atoms with Crippen LogP contribution in [0.1, 0.15) is 30.9 Å². The molecule has 3 aromatic rings. The summed E-state index contributed by atoms with van der Waals surface area (Å²) in [4.78, 5) is 27.7. The molecule has 0 saturated carbocycles. The Morgan fingerprint density at radius 2 is 1.84 bits per heavy atom. The van der Waals surface area contributed by atoms with E-state index in [0.717, 1.165) is 29.7 Å². The molecule has 0 aliphatic carbocycles. The van der Waals surface area contributed by atoms with E-state index in [1.165, 1.54) is 37.0 Å². The molecule has 2 aromatic carbocycles. The van der Waals surface area contributed by atoms with Crippen LogP contribution in [0, 0.1) is 5.82 Å². The van der Waals surface area contributed by atoms with E-state index in [9.17, 15) is 14.0 Å². The highest BCUT2D eigenvalue weighted by molar-refractivity contribution is 7.14. The monoisotopic (exact) mass is 455 g/mol. The molecule has 6 nitrogen and oxygen atoms in total. The fourth-order valence-electron chi connectivity index (χ4n) is 3.17. The first-order valence-corrected chi connectivity index (χ1v) is 11.2. The summed E-state index contributed by atoms with van der Waals surface area (Å²) in [5, 5.41) is 8.04. The molecule has 0 radical (unpaired) electrons. The second kappa shape index (κ2) is 11.4. The van der Waals surface area contributed by atoms with Gasteiger partial charge in [0.15, 0.2) is 16.7 Å². The van der Waals surface area contributed by atoms with Crippen LogP contribution in [0.4, 0.5) is 9.52 Å². The van der Waals surface area contributed by atoms with Crippen LogP contribution in [0.25, 0.3) is 11.3 Å². The minimum absolute atomic E-state index is 0.0126. The summed E-state index contributed by atoms with van der Waals surface area (Å²) in [6.45, 7) is 2.18. The molecule has 1 aromatic heterocycles. The molecule has 32 heavy (non-hydrogen) atoms. The van der Waals surface area contributed by atoms with Gasteiger partial charge >= 0.3 is 0 Å². The first-order valence-electron chi connectivity index (χ1n) is 10.4. The topological polar surface area (TPSA) is 80.3 Å². The number of benzene rings is 2. The lowest BCUT2D eigenvalue weighted by Gasteiger charge is -2.05. The molecule has 0 fully saturated rings. The number of aromatic nitrogens is 1. The number of nitrogens with zero attached hydrogens (tertiary/aromatic N) is 1. The molecule has 0 atom stereocenters. The number of thiazole rings is 1. The van der Waals surface area contributed by atoms with Gasteiger partial charge in [-0.05, 0) is 42.5 Å². The molecule has 2 amide bonds. The highest BCUT2D eigenvalue weighted by Gasteiger charge is 2.10. The molecule has 0 aliphatic rings. The average molecular weight is 456 g/mol. The molecule has 168 valence electrons. The Kier molecular flexibility index (Phi) is 8.33. The smallest absolute Gasteiger partial charge is 0.226 e. The van der Waals surface area contributed by atoms with Crippen LogP contribution >= 0.6 is 11.3 Å². The number of halogens is 1. The van der Waals surface area contributed by atoms with E-state index in [1.807, 2.05) is 17.5 Å². The molecule has 2 N–H and O–H groups in total. The highest BCUT2D eigenvalue weighted by atomic mass is 32.1. The standard InChI is InChI=1S/C24H26FN3O3S/c1-16(29)26-13-3-4-17-5-9-19(10-6-17)21-15-32-24(27-21)28-23(30)12-8-18-7-11-22(31-2)20(25)14-18/h5-7,9-11,14-15H,3-4,8,12-13H2,1-2H3,(H,26,29)(H,27,28,30). The SMILES string of the molecule is COc1ccc(CCC(=O)Nc2nc(-c3ccc(CCCNC(C)=O)cc3)cs2)cc1F. The van der Waals surface area contributed by atoms with Crippen LogP contribution in [-0.2, 0) is 22.4 Å². The maximum Gasteiger partial charge on any atom is 0.226 e. The van der Waals surface area contributed by atoms with E-state index < -0.39 is 5.82 Å². The number of ether oxygens (including phenoxy) is 1. The van der Waals surface area contributed by atoms with Crippen LogP contribution in [0.2, 0.25) is 0 Å². The van der Waals surface area contributed by atoms with Crippen LogP contribution in [0.15, 0.2) is 47.8 Å². The van der Waals surface area contributed by atoms with E-state index in [-0.39, 0.29) is 24.0 Å². The van der Waals surface area contributed by atoms with Gasteiger partial charge in [0.25, 0.3) is 0 Å². The van der Waals surface area contributed by atoms with Gasteiger partial charge < -0.3 is 15.4 Å². The summed E-state index contributed by atoms with van der Waals surface area (Å²) in [5.41, 5.74) is 3.70. The second-order valence-corrected chi connectivity index (χ2v) is 8.20. The first kappa shape index (κ1) is 23.4. The first-order chi connectivity index (χ1) is 15.4. The summed E-state index contributed by atoms with van der Waals surface area (Å²) in [5.74, 6) is -0.432. The van der Waals surface area contributed by atoms with Crippen molar-refractivity contribution in [1.29, 1.82) is 0 Å². The Labute approximate surface area is 190 Å². The van der Waals surface area contributed by atoms with Crippen molar-refractivity contribution in [3.05, 3.63) is 64.8 Å². The molecule has 0 aliphatic heterocycles. The molecule has 3 rings (SSSR count). The van der Waals surface area contributed by atoms with Crippen molar-refractivity contribution in [3.63, 3.8) is 0 Å². The Morgan fingerprint density at radius 3 is 2.53 bits per heavy atom. The summed E-state index contributed by atoms with van der Waals surface area (Å²) in [7, 11) is 1.42. The Morgan fingerprint density at radius 1 is 1.09 bits per heavy atom. The molecular weight excluding hydrogens is 429 g/mol. The van der Waals surface area contributed by atoms with Gasteiger partial charge in [0.05, 0.1) is 12.8 Å². The fraction of sp³-hybridized carbons (Fsp3) is 0.292. The fourth-order valence-corrected chi connectivity index (χ4v) is 3.90. The predicted molar refractivity (Wildman–Crippen MR) is 124 cm³/mol. The minimum Gasteiger partial charge on any atom is -0.494 e. The maximum atomic E-state index is 13.8. The van der Waals surface area contributed by atoms with Crippen LogP contribution < -0.4 is 15.4 Å². The molecule has 1 heterocycles. The number of carbonyl (C=O) groups excluding carboxylic acids is 2. The maximum absolute atomic E-state index is 13.8. The minimum atomic E-state index is -0.436. The molecule has 0 spiro atoms. The van der Waals surface area contributed by atoms with Crippen molar-refractivity contribution in [2.24, 2.45) is 0 Å². The molecule has 0 bridgehead atoms. The number of aryl methyl sites for hydroxylation is 2. The van der Waals surface area contributed by atoms with Crippen LogP contribution in [-0.4, -0.2) is 30.5 Å². The van der Waals surface area contributed by atoms with E-state index in [4.69, 9.17) is 4.74 Å². The number of hydrogen-bond acceptors (Lipinski definition) is 5. The number of rotatable bonds is 10. The zero-order valence-corrected chi connectivity index (χ0v) is 18.9. The molecule has 8 heteroatoms. The van der Waals surface area contributed by atoms with E-state index >= 15 is 0 Å². The summed E-state index contributed by atoms with van der Waals surface area (Å²) < 4.78 is 18.7. The third kappa shape index (κ3) is 6.88. The van der Waals surface area contributed by atoms with Crippen molar-refractivity contribution >= 4 is 28.3 Å². The number of methoxy groups -OCH3 is 1. The second-order valence-electron chi connectivity index (χ2n) is 7.34. The molecular formula is C24H26FN3O3S. The lowest BCUT2D eigenvalue weighted by atomic mass is 10.1. The van der Waals surface area contributed by atoms with Gasteiger partial charge in [0.1, 0.15) is 0 Å². The van der Waals surface area contributed by atoms with Crippen molar-refractivity contribution < 1.29 is 18.7 Å². The highest BCUT2D eigenvalue weighted by Crippen LogP contribution is 2.26. The molecule has 0 saturated heterocycles. The van der Waals surface area contributed by atoms with Gasteiger partial charge in [0, 0.05) is 30.8 Å². The Bertz CT molecular complexity index is 1070. The quantitative estimate of drug-likeness (QED) is 0.438. The predicted octanol–water partition coefficient (Wildman–Crippen LogP) is 4.60. The van der Waals surface area contributed by atoms with Crippen LogP contribution in [0.3, 0.4) is 0 Å². The van der Waals surface area contributed by atoms with Crippen LogP contribution in [0.5, 0.6) is 5.75 Å². The van der Waals surface area contributed by atoms with Gasteiger partial charge in [-0.15, -0.1) is 11.3 Å². The number of amides is 2. The zero-order valence-electron chi connectivity index (χ0n) is 18.1. The van der Waals surface area contributed by atoms with Gasteiger partial charge in [-0.3, -0.25) is 9.59 Å². The van der Waals surface area contributed by atoms with E-state index in [2.05, 4.69) is 27.8 Å². The lowest BCUT2D eigenvalue weighted by molar-refractivity contribution is -0.119. The third-order valence-electron chi connectivity index (χ3n) is 4.87. The summed E-state index contributed by atoms with van der Waals surface area (Å²) in [6.07, 6.45) is 2.42. The van der Waals surface area contributed by atoms with Gasteiger partial charge in [0.2, 0.25) is 11.8 Å². The van der Waals surface area contributed by atoms with E-state index in [1.54, 1.807) is 12.1 Å². The van der Waals surface area contributed by atoms with Crippen molar-refractivity contribution in [2.75, 3.05) is 19.0 Å². The normalized spacial score (nSPS) is 10.6. The molecule has 0 unspecified atom stereocenters. The number of anilines is 1. The van der Waals surface area contributed by atoms with Gasteiger partial charge in [-0.25, -0.2) is 9.37 Å². The Balaban J connectivity index is 1.49. The van der Waals surface area contributed by atoms with E-state index in [0.29, 0.717) is 18.1 Å². The lowest BCUT2D eigenvalue weighted by Crippen LogP contribution is -2.21. The van der Waals surface area contributed by atoms with Crippen molar-refractivity contribution in [1.82, 2.24) is 10.3 Å². The van der Waals surface area contributed by atoms with Crippen molar-refractivity contribution in [2.45, 2.75) is 32.6 Å². The number of carbonyl (C=O) groups is 2. The zero-order chi connectivity index (χ0) is 22.9. The largest absolute Gasteiger partial charge is 0.494 e. The number of nitrogens with one attached hydrogen (secondary N) is 2. The van der Waals surface area contributed by atoms with Gasteiger partial charge in [-0.2, -0.15) is 0 Å². The number of hydrogen-bond donors (Lipinski definition) is 2. The average Bonchev–Trinajstić information content (AvgIpc) is 3.24. The third-order valence-corrected chi connectivity index (χ3v) is 5.63. The summed E-state index contributed by atoms with van der Waals surface area (Å²) in [6, 6.07) is 12.8. The van der Waals surface area contributed by atoms with Crippen molar-refractivity contribution in [3.8, 4) is 17.0 Å². The Hall–Kier alpha value is -3.26. The van der Waals surface area contributed by atoms with Gasteiger partial charge in [-0.1, -0.05) is 30.3 Å².